The van der Waals surface area contributed by atoms with E-state index in [2.05, 4.69) is 19.2 Å². The van der Waals surface area contributed by atoms with E-state index in [4.69, 9.17) is 4.74 Å². The van der Waals surface area contributed by atoms with Crippen LogP contribution in [-0.2, 0) is 14.3 Å². The van der Waals surface area contributed by atoms with Crippen molar-refractivity contribution in [1.29, 1.82) is 0 Å². The summed E-state index contributed by atoms with van der Waals surface area (Å²) in [6, 6.07) is 0. The molecule has 0 spiro atoms. The molecule has 21 heavy (non-hydrogen) atoms. The first-order valence-corrected chi connectivity index (χ1v) is 7.92. The standard InChI is InChI=1S/C16H28N2O3/c1-11(2)10-21-9-8-18-14(20)15(3,4)17-13(19)16(18,5)12-6-7-12/h11-12H,6-10H2,1-5H3,(H,17,19). The molecule has 5 heteroatoms. The number of hydrogen-bond donors (Lipinski definition) is 1. The highest BCUT2D eigenvalue weighted by Crippen LogP contribution is 2.45. The quantitative estimate of drug-likeness (QED) is 0.757. The van der Waals surface area contributed by atoms with Crippen LogP contribution in [0, 0.1) is 11.8 Å². The Bertz CT molecular complexity index is 429. The molecular weight excluding hydrogens is 268 g/mol. The lowest BCUT2D eigenvalue weighted by atomic mass is 9.84. The van der Waals surface area contributed by atoms with E-state index in [0.717, 1.165) is 12.8 Å². The molecule has 1 aliphatic heterocycles. The number of nitrogens with zero attached hydrogens (tertiary/aromatic N) is 1. The molecule has 1 aliphatic carbocycles. The van der Waals surface area contributed by atoms with Gasteiger partial charge in [0.25, 0.3) is 0 Å². The zero-order valence-corrected chi connectivity index (χ0v) is 13.9. The van der Waals surface area contributed by atoms with Gasteiger partial charge in [-0.05, 0) is 45.4 Å². The average Bonchev–Trinajstić information content (AvgIpc) is 3.19. The van der Waals surface area contributed by atoms with Gasteiger partial charge in [0.05, 0.1) is 6.61 Å². The number of amides is 2. The van der Waals surface area contributed by atoms with Crippen molar-refractivity contribution < 1.29 is 14.3 Å². The maximum Gasteiger partial charge on any atom is 0.248 e. The summed E-state index contributed by atoms with van der Waals surface area (Å²) in [5, 5.41) is 2.88. The number of carbonyl (C=O) groups excluding carboxylic acids is 2. The molecule has 2 aliphatic rings. The molecule has 0 aromatic rings. The van der Waals surface area contributed by atoms with Crippen molar-refractivity contribution >= 4 is 11.8 Å². The molecule has 5 nitrogen and oxygen atoms in total. The zero-order chi connectivity index (χ0) is 15.8. The number of rotatable bonds is 6. The maximum absolute atomic E-state index is 12.7. The van der Waals surface area contributed by atoms with Crippen LogP contribution in [-0.4, -0.2) is 47.6 Å². The molecule has 1 saturated carbocycles. The zero-order valence-electron chi connectivity index (χ0n) is 13.9. The smallest absolute Gasteiger partial charge is 0.248 e. The Morgan fingerprint density at radius 3 is 2.43 bits per heavy atom. The van der Waals surface area contributed by atoms with Crippen molar-refractivity contribution in [2.45, 2.75) is 58.5 Å². The lowest BCUT2D eigenvalue weighted by molar-refractivity contribution is -0.163. The molecule has 1 heterocycles. The second-order valence-corrected chi connectivity index (χ2v) is 7.43. The molecule has 1 N–H and O–H groups in total. The lowest BCUT2D eigenvalue weighted by Crippen LogP contribution is -2.74. The van der Waals surface area contributed by atoms with E-state index in [-0.39, 0.29) is 17.7 Å². The molecule has 2 fully saturated rings. The average molecular weight is 296 g/mol. The highest BCUT2D eigenvalue weighted by molar-refractivity contribution is 6.02. The first-order valence-electron chi connectivity index (χ1n) is 7.92. The van der Waals surface area contributed by atoms with Crippen LogP contribution >= 0.6 is 0 Å². The largest absolute Gasteiger partial charge is 0.379 e. The van der Waals surface area contributed by atoms with Crippen LogP contribution in [0.4, 0.5) is 0 Å². The van der Waals surface area contributed by atoms with Crippen molar-refractivity contribution in [1.82, 2.24) is 10.2 Å². The van der Waals surface area contributed by atoms with Crippen LogP contribution in [0.2, 0.25) is 0 Å². The molecular formula is C16H28N2O3. The minimum absolute atomic E-state index is 0.00959. The summed E-state index contributed by atoms with van der Waals surface area (Å²) in [5.74, 6) is 0.711. The SMILES string of the molecule is CC(C)COCCN1C(=O)C(C)(C)NC(=O)C1(C)C1CC1. The summed E-state index contributed by atoms with van der Waals surface area (Å²) in [6.45, 7) is 11.3. The minimum Gasteiger partial charge on any atom is -0.379 e. The predicted octanol–water partition coefficient (Wildman–Crippen LogP) is 1.56. The van der Waals surface area contributed by atoms with Crippen LogP contribution in [0.5, 0.6) is 0 Å². The molecule has 0 radical (unpaired) electrons. The van der Waals surface area contributed by atoms with Crippen molar-refractivity contribution in [3.8, 4) is 0 Å². The molecule has 0 aromatic carbocycles. The van der Waals surface area contributed by atoms with Gasteiger partial charge in [-0.1, -0.05) is 13.8 Å². The minimum atomic E-state index is -0.830. The van der Waals surface area contributed by atoms with Crippen LogP contribution in [0.25, 0.3) is 0 Å². The van der Waals surface area contributed by atoms with Gasteiger partial charge in [-0.2, -0.15) is 0 Å². The molecule has 2 rings (SSSR count). The van der Waals surface area contributed by atoms with E-state index >= 15 is 0 Å². The number of carbonyl (C=O) groups is 2. The van der Waals surface area contributed by atoms with E-state index in [9.17, 15) is 9.59 Å². The summed E-state index contributed by atoms with van der Waals surface area (Å²) in [5.41, 5.74) is -1.54. The Morgan fingerprint density at radius 2 is 1.90 bits per heavy atom. The maximum atomic E-state index is 12.7. The van der Waals surface area contributed by atoms with Gasteiger partial charge >= 0.3 is 0 Å². The number of piperazine rings is 1. The van der Waals surface area contributed by atoms with Crippen molar-refractivity contribution in [3.05, 3.63) is 0 Å². The van der Waals surface area contributed by atoms with Gasteiger partial charge in [-0.15, -0.1) is 0 Å². The summed E-state index contributed by atoms with van der Waals surface area (Å²) in [4.78, 5) is 27.0. The third-order valence-corrected chi connectivity index (χ3v) is 4.51. The summed E-state index contributed by atoms with van der Waals surface area (Å²) >= 11 is 0. The van der Waals surface area contributed by atoms with Crippen LogP contribution in [0.1, 0.15) is 47.5 Å². The normalized spacial score (nSPS) is 29.0. The Kier molecular flexibility index (Phi) is 4.34. The Hall–Kier alpha value is -1.10. The van der Waals surface area contributed by atoms with Crippen LogP contribution in [0.3, 0.4) is 0 Å². The third-order valence-electron chi connectivity index (χ3n) is 4.51. The van der Waals surface area contributed by atoms with Gasteiger partial charge in [0.2, 0.25) is 11.8 Å². The second-order valence-electron chi connectivity index (χ2n) is 7.43. The Labute approximate surface area is 127 Å². The van der Waals surface area contributed by atoms with E-state index in [1.807, 2.05) is 6.92 Å². The summed E-state index contributed by atoms with van der Waals surface area (Å²) in [6.07, 6.45) is 2.03. The Balaban J connectivity index is 2.11. The van der Waals surface area contributed by atoms with Gasteiger partial charge in [-0.25, -0.2) is 0 Å². The fourth-order valence-electron chi connectivity index (χ4n) is 2.99. The molecule has 1 atom stereocenters. The van der Waals surface area contributed by atoms with Crippen LogP contribution in [0.15, 0.2) is 0 Å². The van der Waals surface area contributed by atoms with Crippen LogP contribution < -0.4 is 5.32 Å². The first kappa shape index (κ1) is 16.3. The molecule has 2 amide bonds. The van der Waals surface area contributed by atoms with Gasteiger partial charge < -0.3 is 15.0 Å². The fourth-order valence-corrected chi connectivity index (χ4v) is 2.99. The predicted molar refractivity (Wildman–Crippen MR) is 80.7 cm³/mol. The lowest BCUT2D eigenvalue weighted by Gasteiger charge is -2.49. The molecule has 1 unspecified atom stereocenters. The van der Waals surface area contributed by atoms with E-state index < -0.39 is 11.1 Å². The molecule has 120 valence electrons. The third kappa shape index (κ3) is 3.07. The number of hydrogen-bond acceptors (Lipinski definition) is 3. The molecule has 0 aromatic heterocycles. The van der Waals surface area contributed by atoms with Gasteiger partial charge in [0.15, 0.2) is 0 Å². The van der Waals surface area contributed by atoms with Gasteiger partial charge in [-0.3, -0.25) is 9.59 Å². The summed E-state index contributed by atoms with van der Waals surface area (Å²) in [7, 11) is 0. The van der Waals surface area contributed by atoms with E-state index in [1.54, 1.807) is 18.7 Å². The highest BCUT2D eigenvalue weighted by atomic mass is 16.5. The first-order chi connectivity index (χ1) is 9.69. The van der Waals surface area contributed by atoms with Crippen molar-refractivity contribution in [2.75, 3.05) is 19.8 Å². The van der Waals surface area contributed by atoms with Crippen molar-refractivity contribution in [2.24, 2.45) is 11.8 Å². The highest BCUT2D eigenvalue weighted by Gasteiger charge is 2.58. The number of ether oxygens (including phenoxy) is 1. The monoisotopic (exact) mass is 296 g/mol. The topological polar surface area (TPSA) is 58.6 Å². The number of nitrogens with one attached hydrogen (secondary N) is 1. The molecule has 1 saturated heterocycles. The second kappa shape index (κ2) is 5.59. The van der Waals surface area contributed by atoms with Gasteiger partial charge in [0, 0.05) is 13.2 Å². The van der Waals surface area contributed by atoms with Gasteiger partial charge in [0.1, 0.15) is 11.1 Å². The van der Waals surface area contributed by atoms with E-state index in [0.29, 0.717) is 25.7 Å². The molecule has 0 bridgehead atoms. The fraction of sp³-hybridized carbons (Fsp3) is 0.875. The van der Waals surface area contributed by atoms with E-state index in [1.165, 1.54) is 0 Å². The van der Waals surface area contributed by atoms with Crippen molar-refractivity contribution in [3.63, 3.8) is 0 Å². The Morgan fingerprint density at radius 1 is 1.29 bits per heavy atom. The summed E-state index contributed by atoms with van der Waals surface area (Å²) < 4.78 is 5.62.